The number of hydrogen-bond acceptors (Lipinski definition) is 2. The SMILES string of the molecule is CC(C)N(C)C(=O)c1cc(F)ccc1N. The van der Waals surface area contributed by atoms with Crippen molar-refractivity contribution in [2.45, 2.75) is 19.9 Å². The van der Waals surface area contributed by atoms with Crippen molar-refractivity contribution in [1.82, 2.24) is 4.90 Å². The van der Waals surface area contributed by atoms with Crippen molar-refractivity contribution in [1.29, 1.82) is 0 Å². The van der Waals surface area contributed by atoms with E-state index in [1.54, 1.807) is 7.05 Å². The van der Waals surface area contributed by atoms with Crippen molar-refractivity contribution in [3.8, 4) is 0 Å². The van der Waals surface area contributed by atoms with Gasteiger partial charge in [-0.05, 0) is 32.0 Å². The minimum atomic E-state index is -0.454. The zero-order valence-corrected chi connectivity index (χ0v) is 9.12. The van der Waals surface area contributed by atoms with Gasteiger partial charge in [0.25, 0.3) is 5.91 Å². The van der Waals surface area contributed by atoms with Crippen LogP contribution in [-0.4, -0.2) is 23.9 Å². The number of halogens is 1. The van der Waals surface area contributed by atoms with Gasteiger partial charge in [0.1, 0.15) is 5.82 Å². The van der Waals surface area contributed by atoms with Gasteiger partial charge in [-0.2, -0.15) is 0 Å². The molecule has 1 aromatic carbocycles. The molecule has 0 bridgehead atoms. The smallest absolute Gasteiger partial charge is 0.256 e. The van der Waals surface area contributed by atoms with Gasteiger partial charge in [-0.25, -0.2) is 4.39 Å². The highest BCUT2D eigenvalue weighted by Crippen LogP contribution is 2.16. The van der Waals surface area contributed by atoms with Crippen molar-refractivity contribution in [2.75, 3.05) is 12.8 Å². The molecule has 0 heterocycles. The molecule has 2 N–H and O–H groups in total. The Bertz CT molecular complexity index is 377. The summed E-state index contributed by atoms with van der Waals surface area (Å²) in [6.45, 7) is 3.76. The summed E-state index contributed by atoms with van der Waals surface area (Å²) in [5.41, 5.74) is 6.13. The first-order valence-corrected chi connectivity index (χ1v) is 4.75. The van der Waals surface area contributed by atoms with E-state index in [9.17, 15) is 9.18 Å². The van der Waals surface area contributed by atoms with Crippen LogP contribution in [0.3, 0.4) is 0 Å². The summed E-state index contributed by atoms with van der Waals surface area (Å²) in [6, 6.07) is 3.86. The molecule has 0 atom stereocenters. The molecule has 0 radical (unpaired) electrons. The Balaban J connectivity index is 3.05. The second-order valence-corrected chi connectivity index (χ2v) is 3.74. The molecule has 1 rings (SSSR count). The fourth-order valence-corrected chi connectivity index (χ4v) is 1.14. The maximum Gasteiger partial charge on any atom is 0.256 e. The van der Waals surface area contributed by atoms with E-state index < -0.39 is 5.82 Å². The molecule has 0 aliphatic heterocycles. The molecule has 0 saturated carbocycles. The average Bonchev–Trinajstić information content (AvgIpc) is 2.19. The quantitative estimate of drug-likeness (QED) is 0.758. The first-order valence-electron chi connectivity index (χ1n) is 4.75. The standard InChI is InChI=1S/C11H15FN2O/c1-7(2)14(3)11(15)9-6-8(12)4-5-10(9)13/h4-7H,13H2,1-3H3. The van der Waals surface area contributed by atoms with E-state index in [1.165, 1.54) is 17.0 Å². The van der Waals surface area contributed by atoms with Crippen LogP contribution in [0.15, 0.2) is 18.2 Å². The fraction of sp³-hybridized carbons (Fsp3) is 0.364. The minimum Gasteiger partial charge on any atom is -0.398 e. The highest BCUT2D eigenvalue weighted by molar-refractivity contribution is 5.99. The van der Waals surface area contributed by atoms with Gasteiger partial charge in [0.2, 0.25) is 0 Å². The van der Waals surface area contributed by atoms with Gasteiger partial charge in [-0.1, -0.05) is 0 Å². The monoisotopic (exact) mass is 210 g/mol. The van der Waals surface area contributed by atoms with Crippen molar-refractivity contribution < 1.29 is 9.18 Å². The summed E-state index contributed by atoms with van der Waals surface area (Å²) >= 11 is 0. The lowest BCUT2D eigenvalue weighted by Crippen LogP contribution is -2.33. The fourth-order valence-electron chi connectivity index (χ4n) is 1.14. The van der Waals surface area contributed by atoms with Crippen LogP contribution in [0.5, 0.6) is 0 Å². The third kappa shape index (κ3) is 2.46. The Morgan fingerprint density at radius 3 is 2.60 bits per heavy atom. The minimum absolute atomic E-state index is 0.0557. The predicted octanol–water partition coefficient (Wildman–Crippen LogP) is 1.89. The van der Waals surface area contributed by atoms with Crippen LogP contribution < -0.4 is 5.73 Å². The van der Waals surface area contributed by atoms with Gasteiger partial charge in [-0.15, -0.1) is 0 Å². The summed E-state index contributed by atoms with van der Waals surface area (Å²) in [5, 5.41) is 0. The summed E-state index contributed by atoms with van der Waals surface area (Å²) in [7, 11) is 1.66. The van der Waals surface area contributed by atoms with Crippen LogP contribution >= 0.6 is 0 Å². The topological polar surface area (TPSA) is 46.3 Å². The number of carbonyl (C=O) groups excluding carboxylic acids is 1. The number of anilines is 1. The molecule has 82 valence electrons. The first kappa shape index (κ1) is 11.5. The van der Waals surface area contributed by atoms with E-state index in [0.29, 0.717) is 5.69 Å². The van der Waals surface area contributed by atoms with Gasteiger partial charge >= 0.3 is 0 Å². The van der Waals surface area contributed by atoms with Gasteiger partial charge in [0.05, 0.1) is 5.56 Å². The number of nitrogens with two attached hydrogens (primary N) is 1. The molecule has 0 fully saturated rings. The Morgan fingerprint density at radius 2 is 2.07 bits per heavy atom. The maximum atomic E-state index is 12.9. The lowest BCUT2D eigenvalue weighted by molar-refractivity contribution is 0.0755. The molecule has 0 aliphatic rings. The maximum absolute atomic E-state index is 12.9. The molecule has 0 aromatic heterocycles. The normalized spacial score (nSPS) is 10.5. The van der Waals surface area contributed by atoms with Crippen molar-refractivity contribution in [2.24, 2.45) is 0 Å². The Hall–Kier alpha value is -1.58. The van der Waals surface area contributed by atoms with Gasteiger partial charge < -0.3 is 10.6 Å². The third-order valence-electron chi connectivity index (χ3n) is 2.34. The number of carbonyl (C=O) groups is 1. The van der Waals surface area contributed by atoms with E-state index in [2.05, 4.69) is 0 Å². The van der Waals surface area contributed by atoms with Crippen LogP contribution in [0.2, 0.25) is 0 Å². The third-order valence-corrected chi connectivity index (χ3v) is 2.34. The summed E-state index contributed by atoms with van der Waals surface area (Å²) in [6.07, 6.45) is 0. The number of hydrogen-bond donors (Lipinski definition) is 1. The Labute approximate surface area is 88.7 Å². The Kier molecular flexibility index (Phi) is 3.29. The summed E-state index contributed by atoms with van der Waals surface area (Å²) < 4.78 is 12.9. The van der Waals surface area contributed by atoms with Crippen LogP contribution in [0, 0.1) is 5.82 Å². The van der Waals surface area contributed by atoms with Crippen molar-refractivity contribution in [3.63, 3.8) is 0 Å². The largest absolute Gasteiger partial charge is 0.398 e. The number of rotatable bonds is 2. The molecule has 1 aromatic rings. The second kappa shape index (κ2) is 4.29. The Morgan fingerprint density at radius 1 is 1.47 bits per heavy atom. The highest BCUT2D eigenvalue weighted by atomic mass is 19.1. The number of nitrogen functional groups attached to an aromatic ring is 1. The lowest BCUT2D eigenvalue weighted by Gasteiger charge is -2.22. The van der Waals surface area contributed by atoms with Crippen LogP contribution in [0.4, 0.5) is 10.1 Å². The average molecular weight is 210 g/mol. The molecule has 4 heteroatoms. The van der Waals surface area contributed by atoms with Gasteiger partial charge in [-0.3, -0.25) is 4.79 Å². The molecule has 0 unspecified atom stereocenters. The number of amides is 1. The van der Waals surface area contributed by atoms with Gasteiger partial charge in [0.15, 0.2) is 0 Å². The predicted molar refractivity (Wildman–Crippen MR) is 58.0 cm³/mol. The molecule has 15 heavy (non-hydrogen) atoms. The summed E-state index contributed by atoms with van der Waals surface area (Å²) in [5.74, 6) is -0.716. The van der Waals surface area contributed by atoms with Crippen LogP contribution in [-0.2, 0) is 0 Å². The van der Waals surface area contributed by atoms with Gasteiger partial charge in [0, 0.05) is 18.8 Å². The molecule has 0 spiro atoms. The van der Waals surface area contributed by atoms with E-state index in [4.69, 9.17) is 5.73 Å². The van der Waals surface area contributed by atoms with E-state index in [0.717, 1.165) is 6.07 Å². The number of benzene rings is 1. The highest BCUT2D eigenvalue weighted by Gasteiger charge is 2.17. The zero-order chi connectivity index (χ0) is 11.6. The zero-order valence-electron chi connectivity index (χ0n) is 9.12. The molecular weight excluding hydrogens is 195 g/mol. The molecular formula is C11H15FN2O. The lowest BCUT2D eigenvalue weighted by atomic mass is 10.1. The molecule has 0 saturated heterocycles. The van der Waals surface area contributed by atoms with E-state index >= 15 is 0 Å². The molecule has 0 aliphatic carbocycles. The number of nitrogens with zero attached hydrogens (tertiary/aromatic N) is 1. The molecule has 1 amide bonds. The van der Waals surface area contributed by atoms with Crippen molar-refractivity contribution >= 4 is 11.6 Å². The second-order valence-electron chi connectivity index (χ2n) is 3.74. The first-order chi connectivity index (χ1) is 6.93. The van der Waals surface area contributed by atoms with Crippen LogP contribution in [0.25, 0.3) is 0 Å². The summed E-state index contributed by atoms with van der Waals surface area (Å²) in [4.78, 5) is 13.4. The van der Waals surface area contributed by atoms with Crippen molar-refractivity contribution in [3.05, 3.63) is 29.6 Å². The van der Waals surface area contributed by atoms with E-state index in [1.807, 2.05) is 13.8 Å². The van der Waals surface area contributed by atoms with E-state index in [-0.39, 0.29) is 17.5 Å². The van der Waals surface area contributed by atoms with Crippen LogP contribution in [0.1, 0.15) is 24.2 Å². The molecule has 3 nitrogen and oxygen atoms in total.